The molecule has 6 nitrogen and oxygen atoms in total. The fourth-order valence-electron chi connectivity index (χ4n) is 2.20. The quantitative estimate of drug-likeness (QED) is 0.756. The number of H-pyrrole nitrogens is 1. The molecule has 3 rings (SSSR count). The van der Waals surface area contributed by atoms with Gasteiger partial charge in [-0.15, -0.1) is 0 Å². The van der Waals surface area contributed by atoms with Crippen LogP contribution in [0.2, 0.25) is 0 Å². The molecule has 0 saturated carbocycles. The van der Waals surface area contributed by atoms with Gasteiger partial charge in [0.15, 0.2) is 5.65 Å². The van der Waals surface area contributed by atoms with Crippen molar-refractivity contribution in [2.45, 2.75) is 33.7 Å². The number of carbonyl (C=O) groups excluding carboxylic acids is 1. The van der Waals surface area contributed by atoms with E-state index < -0.39 is 0 Å². The van der Waals surface area contributed by atoms with E-state index in [4.69, 9.17) is 4.74 Å². The second-order valence-corrected chi connectivity index (χ2v) is 7.08. The number of nitrogens with zero attached hydrogens (tertiary/aromatic N) is 2. The van der Waals surface area contributed by atoms with E-state index in [9.17, 15) is 4.79 Å². The molecule has 2 N–H and O–H groups in total. The van der Waals surface area contributed by atoms with Crippen LogP contribution in [0.4, 0.5) is 0 Å². The summed E-state index contributed by atoms with van der Waals surface area (Å²) in [5.74, 6) is 0.829. The van der Waals surface area contributed by atoms with Crippen molar-refractivity contribution >= 4 is 17.1 Å². The lowest BCUT2D eigenvalue weighted by Crippen LogP contribution is -2.41. The number of para-hydroxylation sites is 1. The van der Waals surface area contributed by atoms with Crippen LogP contribution in [-0.4, -0.2) is 26.9 Å². The van der Waals surface area contributed by atoms with E-state index in [2.05, 4.69) is 41.0 Å². The van der Waals surface area contributed by atoms with Gasteiger partial charge >= 0.3 is 0 Å². The molecule has 3 aromatic rings. The molecule has 0 aliphatic carbocycles. The number of fused-ring (bicyclic) bond motifs is 1. The SMILES string of the molecule is C[C@@H](NC(=O)c1c[nH]c2ncc(Oc3ccccc3)nc12)C(C)(C)C. The number of hydrogen-bond acceptors (Lipinski definition) is 4. The third-order valence-electron chi connectivity index (χ3n) is 4.22. The van der Waals surface area contributed by atoms with Crippen LogP contribution in [0.15, 0.2) is 42.7 Å². The van der Waals surface area contributed by atoms with Crippen molar-refractivity contribution in [1.82, 2.24) is 20.3 Å². The largest absolute Gasteiger partial charge is 0.437 e. The number of aromatic nitrogens is 3. The molecule has 2 heterocycles. The maximum absolute atomic E-state index is 12.6. The number of rotatable bonds is 4. The minimum atomic E-state index is -0.181. The molecule has 0 fully saturated rings. The Morgan fingerprint density at radius 2 is 1.96 bits per heavy atom. The molecular weight excluding hydrogens is 316 g/mol. The van der Waals surface area contributed by atoms with Crippen LogP contribution in [0.1, 0.15) is 38.1 Å². The molecule has 1 aromatic carbocycles. The van der Waals surface area contributed by atoms with Gasteiger partial charge in [0.25, 0.3) is 5.91 Å². The van der Waals surface area contributed by atoms with E-state index >= 15 is 0 Å². The Hall–Kier alpha value is -2.89. The maximum Gasteiger partial charge on any atom is 0.255 e. The van der Waals surface area contributed by atoms with Gasteiger partial charge in [-0.1, -0.05) is 39.0 Å². The summed E-state index contributed by atoms with van der Waals surface area (Å²) in [6, 6.07) is 9.35. The lowest BCUT2D eigenvalue weighted by Gasteiger charge is -2.27. The van der Waals surface area contributed by atoms with Gasteiger partial charge in [-0.05, 0) is 24.5 Å². The summed E-state index contributed by atoms with van der Waals surface area (Å²) in [6.07, 6.45) is 3.16. The van der Waals surface area contributed by atoms with E-state index in [1.54, 1.807) is 6.20 Å². The van der Waals surface area contributed by atoms with E-state index in [1.165, 1.54) is 6.20 Å². The molecule has 6 heteroatoms. The number of ether oxygens (including phenoxy) is 1. The molecule has 25 heavy (non-hydrogen) atoms. The Morgan fingerprint density at radius 1 is 1.24 bits per heavy atom. The Morgan fingerprint density at radius 3 is 2.64 bits per heavy atom. The van der Waals surface area contributed by atoms with Gasteiger partial charge in [-0.2, -0.15) is 0 Å². The zero-order valence-electron chi connectivity index (χ0n) is 14.8. The van der Waals surface area contributed by atoms with Gasteiger partial charge in [0.05, 0.1) is 11.8 Å². The maximum atomic E-state index is 12.6. The summed E-state index contributed by atoms with van der Waals surface area (Å²) in [7, 11) is 0. The molecule has 0 saturated heterocycles. The van der Waals surface area contributed by atoms with Gasteiger partial charge in [-0.3, -0.25) is 4.79 Å². The standard InChI is InChI=1S/C19H22N4O2/c1-12(19(2,3)4)22-18(24)14-10-20-17-16(14)23-15(11-21-17)25-13-8-6-5-7-9-13/h5-12H,1-4H3,(H,20,21)(H,22,24)/t12-/m1/s1. The summed E-state index contributed by atoms with van der Waals surface area (Å²) in [6.45, 7) is 8.23. The highest BCUT2D eigenvalue weighted by atomic mass is 16.5. The Kier molecular flexibility index (Phi) is 4.44. The van der Waals surface area contributed by atoms with Gasteiger partial charge in [0.2, 0.25) is 5.88 Å². The molecule has 0 unspecified atom stereocenters. The first kappa shape index (κ1) is 17.0. The van der Waals surface area contributed by atoms with E-state index in [0.29, 0.717) is 28.4 Å². The summed E-state index contributed by atoms with van der Waals surface area (Å²) in [5.41, 5.74) is 1.47. The van der Waals surface area contributed by atoms with E-state index in [0.717, 1.165) is 0 Å². The molecule has 0 aliphatic rings. The number of nitrogens with one attached hydrogen (secondary N) is 2. The average Bonchev–Trinajstić information content (AvgIpc) is 2.98. The fraction of sp³-hybridized carbons (Fsp3) is 0.316. The lowest BCUT2D eigenvalue weighted by molar-refractivity contribution is 0.0911. The van der Waals surface area contributed by atoms with Crippen LogP contribution in [-0.2, 0) is 0 Å². The smallest absolute Gasteiger partial charge is 0.255 e. The Bertz CT molecular complexity index is 881. The zero-order chi connectivity index (χ0) is 18.0. The highest BCUT2D eigenvalue weighted by molar-refractivity contribution is 6.04. The van der Waals surface area contributed by atoms with Crippen molar-refractivity contribution in [2.75, 3.05) is 0 Å². The molecule has 2 aromatic heterocycles. The first-order chi connectivity index (χ1) is 11.8. The summed E-state index contributed by atoms with van der Waals surface area (Å²) < 4.78 is 5.71. The highest BCUT2D eigenvalue weighted by Crippen LogP contribution is 2.23. The minimum absolute atomic E-state index is 0.0154. The monoisotopic (exact) mass is 338 g/mol. The van der Waals surface area contributed by atoms with Gasteiger partial charge in [0, 0.05) is 12.2 Å². The number of benzene rings is 1. The number of amides is 1. The van der Waals surface area contributed by atoms with Crippen LogP contribution in [0.5, 0.6) is 11.6 Å². The number of carbonyl (C=O) groups is 1. The Balaban J connectivity index is 1.87. The summed E-state index contributed by atoms with van der Waals surface area (Å²) in [5, 5.41) is 3.02. The molecule has 130 valence electrons. The van der Waals surface area contributed by atoms with Crippen LogP contribution >= 0.6 is 0 Å². The van der Waals surface area contributed by atoms with Crippen molar-refractivity contribution in [3.63, 3.8) is 0 Å². The van der Waals surface area contributed by atoms with E-state index in [-0.39, 0.29) is 17.4 Å². The van der Waals surface area contributed by atoms with Crippen molar-refractivity contribution < 1.29 is 9.53 Å². The average molecular weight is 338 g/mol. The first-order valence-corrected chi connectivity index (χ1v) is 8.22. The normalized spacial score (nSPS) is 12.8. The molecular formula is C19H22N4O2. The number of aromatic amines is 1. The molecule has 1 atom stereocenters. The van der Waals surface area contributed by atoms with Crippen LogP contribution in [0, 0.1) is 5.41 Å². The summed E-state index contributed by atoms with van der Waals surface area (Å²) >= 11 is 0. The second-order valence-electron chi connectivity index (χ2n) is 7.08. The molecule has 1 amide bonds. The van der Waals surface area contributed by atoms with Crippen molar-refractivity contribution in [2.24, 2.45) is 5.41 Å². The van der Waals surface area contributed by atoms with Crippen LogP contribution in [0.25, 0.3) is 11.2 Å². The zero-order valence-corrected chi connectivity index (χ0v) is 14.8. The Labute approximate surface area is 146 Å². The van der Waals surface area contributed by atoms with Crippen molar-refractivity contribution in [3.05, 3.63) is 48.3 Å². The first-order valence-electron chi connectivity index (χ1n) is 8.22. The number of hydrogen-bond donors (Lipinski definition) is 2. The summed E-state index contributed by atoms with van der Waals surface area (Å²) in [4.78, 5) is 24.3. The lowest BCUT2D eigenvalue weighted by atomic mass is 9.88. The molecule has 0 aliphatic heterocycles. The third-order valence-corrected chi connectivity index (χ3v) is 4.22. The molecule has 0 bridgehead atoms. The van der Waals surface area contributed by atoms with Crippen LogP contribution in [0.3, 0.4) is 0 Å². The van der Waals surface area contributed by atoms with Crippen molar-refractivity contribution in [1.29, 1.82) is 0 Å². The fourth-order valence-corrected chi connectivity index (χ4v) is 2.20. The molecule has 0 spiro atoms. The van der Waals surface area contributed by atoms with Gasteiger partial charge in [-0.25, -0.2) is 9.97 Å². The topological polar surface area (TPSA) is 79.9 Å². The van der Waals surface area contributed by atoms with Crippen LogP contribution < -0.4 is 10.1 Å². The predicted molar refractivity (Wildman–Crippen MR) is 96.8 cm³/mol. The highest BCUT2D eigenvalue weighted by Gasteiger charge is 2.24. The van der Waals surface area contributed by atoms with Gasteiger partial charge in [0.1, 0.15) is 11.3 Å². The predicted octanol–water partition coefficient (Wildman–Crippen LogP) is 3.91. The minimum Gasteiger partial charge on any atom is -0.437 e. The second kappa shape index (κ2) is 6.55. The van der Waals surface area contributed by atoms with E-state index in [1.807, 2.05) is 37.3 Å². The molecule has 0 radical (unpaired) electrons. The van der Waals surface area contributed by atoms with Gasteiger partial charge < -0.3 is 15.0 Å². The third kappa shape index (κ3) is 3.79. The van der Waals surface area contributed by atoms with Crippen molar-refractivity contribution in [3.8, 4) is 11.6 Å².